The molecule has 0 amide bonds. The highest BCUT2D eigenvalue weighted by Crippen LogP contribution is 2.27. The van der Waals surface area contributed by atoms with E-state index in [1.165, 1.54) is 0 Å². The first-order valence-electron chi connectivity index (χ1n) is 5.71. The molecular weight excluding hydrogens is 214 g/mol. The van der Waals surface area contributed by atoms with E-state index >= 15 is 0 Å². The van der Waals surface area contributed by atoms with Crippen molar-refractivity contribution in [3.8, 4) is 0 Å². The molecule has 2 rings (SSSR count). The molecule has 3 nitrogen and oxygen atoms in total. The van der Waals surface area contributed by atoms with E-state index in [9.17, 15) is 4.79 Å². The minimum absolute atomic E-state index is 0.0412. The van der Waals surface area contributed by atoms with E-state index in [1.807, 2.05) is 18.2 Å². The van der Waals surface area contributed by atoms with Crippen LogP contribution >= 0.6 is 0 Å². The van der Waals surface area contributed by atoms with E-state index in [-0.39, 0.29) is 11.8 Å². The summed E-state index contributed by atoms with van der Waals surface area (Å²) in [5.74, 6) is -0.795. The number of rotatable bonds is 2. The van der Waals surface area contributed by atoms with Gasteiger partial charge in [-0.1, -0.05) is 32.9 Å². The number of carboxylic acids is 1. The Kier molecular flexibility index (Phi) is 2.69. The third-order valence-electron chi connectivity index (χ3n) is 2.90. The van der Waals surface area contributed by atoms with Crippen LogP contribution in [0.25, 0.3) is 10.9 Å². The topological polar surface area (TPSA) is 53.1 Å². The number of benzene rings is 1. The van der Waals surface area contributed by atoms with Crippen LogP contribution in [0.5, 0.6) is 0 Å². The third-order valence-corrected chi connectivity index (χ3v) is 2.90. The second-order valence-corrected chi connectivity index (χ2v) is 5.38. The molecule has 0 atom stereocenters. The second-order valence-electron chi connectivity index (χ2n) is 5.38. The van der Waals surface area contributed by atoms with Crippen molar-refractivity contribution in [2.75, 3.05) is 0 Å². The smallest absolute Gasteiger partial charge is 0.307 e. The maximum Gasteiger partial charge on any atom is 0.307 e. The lowest BCUT2D eigenvalue weighted by Gasteiger charge is -2.15. The Hall–Kier alpha value is -1.77. The van der Waals surface area contributed by atoms with Crippen molar-refractivity contribution in [3.05, 3.63) is 35.5 Å². The summed E-state index contributed by atoms with van der Waals surface area (Å²) in [6.45, 7) is 6.40. The summed E-state index contributed by atoms with van der Waals surface area (Å²) in [7, 11) is 0. The number of aliphatic carboxylic acids is 1. The standard InChI is InChI=1S/C14H17NO2/c1-14(2,3)12-8-10-9(7-13(16)17)5-4-6-11(10)15-12/h4-6,8,15H,7H2,1-3H3,(H,16,17). The Morgan fingerprint density at radius 1 is 1.35 bits per heavy atom. The summed E-state index contributed by atoms with van der Waals surface area (Å²) in [5.41, 5.74) is 3.04. The van der Waals surface area contributed by atoms with Crippen LogP contribution < -0.4 is 0 Å². The fourth-order valence-electron chi connectivity index (χ4n) is 1.94. The largest absolute Gasteiger partial charge is 0.481 e. The number of carbonyl (C=O) groups is 1. The fourth-order valence-corrected chi connectivity index (χ4v) is 1.94. The predicted octanol–water partition coefficient (Wildman–Crippen LogP) is 3.09. The van der Waals surface area contributed by atoms with Crippen LogP contribution in [0.15, 0.2) is 24.3 Å². The number of H-pyrrole nitrogens is 1. The molecule has 1 aromatic heterocycles. The molecule has 17 heavy (non-hydrogen) atoms. The average Bonchev–Trinajstić information content (AvgIpc) is 2.60. The van der Waals surface area contributed by atoms with E-state index in [4.69, 9.17) is 5.11 Å². The van der Waals surface area contributed by atoms with Gasteiger partial charge in [0.2, 0.25) is 0 Å². The van der Waals surface area contributed by atoms with Gasteiger partial charge in [-0.3, -0.25) is 4.79 Å². The Morgan fingerprint density at radius 3 is 2.65 bits per heavy atom. The zero-order valence-electron chi connectivity index (χ0n) is 10.4. The monoisotopic (exact) mass is 231 g/mol. The van der Waals surface area contributed by atoms with Crippen LogP contribution in [0.1, 0.15) is 32.0 Å². The zero-order valence-corrected chi connectivity index (χ0v) is 10.4. The molecule has 90 valence electrons. The summed E-state index contributed by atoms with van der Waals surface area (Å²) in [4.78, 5) is 14.2. The maximum absolute atomic E-state index is 10.8. The minimum atomic E-state index is -0.795. The molecule has 2 N–H and O–H groups in total. The van der Waals surface area contributed by atoms with Crippen LogP contribution in [-0.2, 0) is 16.6 Å². The third kappa shape index (κ3) is 2.33. The molecule has 3 heteroatoms. The molecule has 0 bridgehead atoms. The number of aromatic nitrogens is 1. The molecule has 1 aromatic carbocycles. The van der Waals surface area contributed by atoms with Gasteiger partial charge < -0.3 is 10.1 Å². The van der Waals surface area contributed by atoms with Gasteiger partial charge in [-0.05, 0) is 17.7 Å². The predicted molar refractivity (Wildman–Crippen MR) is 68.3 cm³/mol. The number of nitrogens with one attached hydrogen (secondary N) is 1. The van der Waals surface area contributed by atoms with Gasteiger partial charge in [0.05, 0.1) is 6.42 Å². The number of aromatic amines is 1. The van der Waals surface area contributed by atoms with E-state index in [2.05, 4.69) is 31.8 Å². The second kappa shape index (κ2) is 3.91. The van der Waals surface area contributed by atoms with E-state index in [0.29, 0.717) is 0 Å². The Bertz CT molecular complexity index is 561. The van der Waals surface area contributed by atoms with Crippen LogP contribution in [0.4, 0.5) is 0 Å². The van der Waals surface area contributed by atoms with Gasteiger partial charge >= 0.3 is 5.97 Å². The highest BCUT2D eigenvalue weighted by Gasteiger charge is 2.17. The molecule has 0 spiro atoms. The molecule has 0 saturated carbocycles. The van der Waals surface area contributed by atoms with Gasteiger partial charge in [0.15, 0.2) is 0 Å². The van der Waals surface area contributed by atoms with Gasteiger partial charge in [0.25, 0.3) is 0 Å². The highest BCUT2D eigenvalue weighted by atomic mass is 16.4. The maximum atomic E-state index is 10.8. The number of hydrogen-bond acceptors (Lipinski definition) is 1. The van der Waals surface area contributed by atoms with Gasteiger partial charge in [-0.2, -0.15) is 0 Å². The van der Waals surface area contributed by atoms with Crippen LogP contribution in [0.3, 0.4) is 0 Å². The first-order valence-corrected chi connectivity index (χ1v) is 5.71. The summed E-state index contributed by atoms with van der Waals surface area (Å²) in [6, 6.07) is 7.81. The molecule has 1 heterocycles. The summed E-state index contributed by atoms with van der Waals surface area (Å²) < 4.78 is 0. The molecule has 2 aromatic rings. The lowest BCUT2D eigenvalue weighted by atomic mass is 9.92. The normalized spacial score (nSPS) is 11.9. The van der Waals surface area contributed by atoms with Crippen molar-refractivity contribution in [2.45, 2.75) is 32.6 Å². The molecule has 0 aliphatic heterocycles. The SMILES string of the molecule is CC(C)(C)c1cc2c(CC(=O)O)cccc2[nH]1. The lowest BCUT2D eigenvalue weighted by molar-refractivity contribution is -0.136. The van der Waals surface area contributed by atoms with Gasteiger partial charge in [-0.15, -0.1) is 0 Å². The summed E-state index contributed by atoms with van der Waals surface area (Å²) >= 11 is 0. The van der Waals surface area contributed by atoms with Gasteiger partial charge in [0.1, 0.15) is 0 Å². The quantitative estimate of drug-likeness (QED) is 0.834. The molecule has 0 radical (unpaired) electrons. The molecule has 0 unspecified atom stereocenters. The van der Waals surface area contributed by atoms with Crippen molar-refractivity contribution in [1.82, 2.24) is 4.98 Å². The molecule has 0 aliphatic rings. The summed E-state index contributed by atoms with van der Waals surface area (Å²) in [6.07, 6.45) is 0.0682. The Morgan fingerprint density at radius 2 is 2.06 bits per heavy atom. The highest BCUT2D eigenvalue weighted by molar-refractivity contribution is 5.87. The van der Waals surface area contributed by atoms with Gasteiger partial charge in [0, 0.05) is 22.0 Å². The number of hydrogen-bond donors (Lipinski definition) is 2. The summed E-state index contributed by atoms with van der Waals surface area (Å²) in [5, 5.41) is 9.90. The van der Waals surface area contributed by atoms with E-state index in [0.717, 1.165) is 22.2 Å². The first-order chi connectivity index (χ1) is 7.88. The Balaban J connectivity index is 2.57. The number of carboxylic acid groups (broad SMARTS) is 1. The molecular formula is C14H17NO2. The van der Waals surface area contributed by atoms with Crippen molar-refractivity contribution in [2.24, 2.45) is 0 Å². The van der Waals surface area contributed by atoms with Crippen LogP contribution in [0.2, 0.25) is 0 Å². The van der Waals surface area contributed by atoms with E-state index < -0.39 is 5.97 Å². The zero-order chi connectivity index (χ0) is 12.6. The lowest BCUT2D eigenvalue weighted by Crippen LogP contribution is -2.10. The Labute approximate surface area is 100 Å². The average molecular weight is 231 g/mol. The first kappa shape index (κ1) is 11.7. The number of fused-ring (bicyclic) bond motifs is 1. The van der Waals surface area contributed by atoms with Crippen molar-refractivity contribution >= 4 is 16.9 Å². The van der Waals surface area contributed by atoms with Crippen LogP contribution in [0, 0.1) is 0 Å². The minimum Gasteiger partial charge on any atom is -0.481 e. The molecule has 0 saturated heterocycles. The van der Waals surface area contributed by atoms with Crippen molar-refractivity contribution < 1.29 is 9.90 Å². The van der Waals surface area contributed by atoms with Crippen LogP contribution in [-0.4, -0.2) is 16.1 Å². The van der Waals surface area contributed by atoms with Gasteiger partial charge in [-0.25, -0.2) is 0 Å². The fraction of sp³-hybridized carbons (Fsp3) is 0.357. The van der Waals surface area contributed by atoms with E-state index in [1.54, 1.807) is 0 Å². The van der Waals surface area contributed by atoms with Crippen molar-refractivity contribution in [3.63, 3.8) is 0 Å². The van der Waals surface area contributed by atoms with Crippen molar-refractivity contribution in [1.29, 1.82) is 0 Å². The molecule has 0 aliphatic carbocycles. The molecule has 0 fully saturated rings.